The Morgan fingerprint density at radius 2 is 2.05 bits per heavy atom. The summed E-state index contributed by atoms with van der Waals surface area (Å²) in [4.78, 5) is 22.3. The molecule has 2 rings (SSSR count). The summed E-state index contributed by atoms with van der Waals surface area (Å²) in [5.74, 6) is 0.428. The molecule has 1 aromatic rings. The van der Waals surface area contributed by atoms with Crippen LogP contribution in [-0.4, -0.2) is 37.7 Å². The Bertz CT molecular complexity index is 478. The highest BCUT2D eigenvalue weighted by molar-refractivity contribution is 5.83. The number of carbonyl (C=O) groups excluding carboxylic acids is 2. The average Bonchev–Trinajstić information content (AvgIpc) is 2.42. The fourth-order valence-electron chi connectivity index (χ4n) is 1.74. The summed E-state index contributed by atoms with van der Waals surface area (Å²) in [6.45, 7) is 1.01. The van der Waals surface area contributed by atoms with Crippen LogP contribution in [0.3, 0.4) is 0 Å². The van der Waals surface area contributed by atoms with Crippen molar-refractivity contribution in [3.05, 3.63) is 24.3 Å². The number of carbonyl (C=O) groups is 2. The summed E-state index contributed by atoms with van der Waals surface area (Å²) in [6, 6.07) is 6.82. The first-order chi connectivity index (χ1) is 9.16. The first-order valence-electron chi connectivity index (χ1n) is 5.97. The Morgan fingerprint density at radius 3 is 2.84 bits per heavy atom. The maximum Gasteiger partial charge on any atom is 0.312 e. The number of nitrogens with two attached hydrogens (primary N) is 1. The fraction of sp³-hybridized carbons (Fsp3) is 0.333. The second kappa shape index (κ2) is 5.94. The van der Waals surface area contributed by atoms with Gasteiger partial charge in [0.05, 0.1) is 12.2 Å². The Labute approximate surface area is 110 Å². The number of amides is 3. The van der Waals surface area contributed by atoms with Gasteiger partial charge in [0.25, 0.3) is 5.91 Å². The normalized spacial score (nSPS) is 16.5. The fourth-order valence-corrected chi connectivity index (χ4v) is 1.74. The minimum Gasteiger partial charge on any atom is -0.477 e. The maximum absolute atomic E-state index is 11.8. The molecule has 0 saturated heterocycles. The van der Waals surface area contributed by atoms with E-state index in [1.807, 2.05) is 18.2 Å². The molecular formula is C12H16N4O3. The summed E-state index contributed by atoms with van der Waals surface area (Å²) >= 11 is 0. The van der Waals surface area contributed by atoms with Crippen LogP contribution in [0.15, 0.2) is 24.3 Å². The second-order valence-corrected chi connectivity index (χ2v) is 4.07. The maximum atomic E-state index is 11.8. The number of hydrogen-bond donors (Lipinski definition) is 4. The molecule has 1 aromatic carbocycles. The van der Waals surface area contributed by atoms with Crippen molar-refractivity contribution in [1.29, 1.82) is 0 Å². The Morgan fingerprint density at radius 1 is 1.32 bits per heavy atom. The van der Waals surface area contributed by atoms with Gasteiger partial charge in [0.15, 0.2) is 6.10 Å². The van der Waals surface area contributed by atoms with Gasteiger partial charge >= 0.3 is 6.03 Å². The van der Waals surface area contributed by atoms with Gasteiger partial charge in [-0.3, -0.25) is 4.79 Å². The van der Waals surface area contributed by atoms with Crippen LogP contribution in [0.2, 0.25) is 0 Å². The molecule has 3 amide bonds. The molecule has 1 unspecified atom stereocenters. The molecule has 0 spiro atoms. The van der Waals surface area contributed by atoms with Gasteiger partial charge in [0.1, 0.15) is 5.75 Å². The summed E-state index contributed by atoms with van der Waals surface area (Å²) in [6.07, 6.45) is -0.580. The third-order valence-corrected chi connectivity index (χ3v) is 2.65. The van der Waals surface area contributed by atoms with E-state index in [1.165, 1.54) is 0 Å². The van der Waals surface area contributed by atoms with Crippen molar-refractivity contribution in [1.82, 2.24) is 10.6 Å². The lowest BCUT2D eigenvalue weighted by atomic mass is 10.2. The molecule has 7 heteroatoms. The van der Waals surface area contributed by atoms with Crippen LogP contribution in [0.25, 0.3) is 0 Å². The van der Waals surface area contributed by atoms with Gasteiger partial charge in [0, 0.05) is 13.1 Å². The van der Waals surface area contributed by atoms with Gasteiger partial charge < -0.3 is 26.4 Å². The number of ether oxygens (including phenoxy) is 1. The zero-order valence-electron chi connectivity index (χ0n) is 10.3. The van der Waals surface area contributed by atoms with E-state index in [9.17, 15) is 9.59 Å². The van der Waals surface area contributed by atoms with E-state index >= 15 is 0 Å². The van der Waals surface area contributed by atoms with E-state index in [1.54, 1.807) is 6.07 Å². The summed E-state index contributed by atoms with van der Waals surface area (Å²) < 4.78 is 5.59. The van der Waals surface area contributed by atoms with Crippen molar-refractivity contribution in [2.75, 3.05) is 25.0 Å². The van der Waals surface area contributed by atoms with Crippen molar-refractivity contribution >= 4 is 17.6 Å². The number of para-hydroxylation sites is 2. The number of hydrogen-bond acceptors (Lipinski definition) is 4. The predicted molar refractivity (Wildman–Crippen MR) is 69.9 cm³/mol. The minimum absolute atomic E-state index is 0.228. The van der Waals surface area contributed by atoms with E-state index in [4.69, 9.17) is 10.5 Å². The first kappa shape index (κ1) is 13.0. The van der Waals surface area contributed by atoms with E-state index in [-0.39, 0.29) is 12.5 Å². The van der Waals surface area contributed by atoms with Gasteiger partial charge in [0.2, 0.25) is 0 Å². The van der Waals surface area contributed by atoms with E-state index in [0.717, 1.165) is 5.69 Å². The van der Waals surface area contributed by atoms with E-state index in [2.05, 4.69) is 16.0 Å². The molecule has 1 atom stereocenters. The van der Waals surface area contributed by atoms with Gasteiger partial charge in [-0.1, -0.05) is 12.1 Å². The number of primary amides is 1. The quantitative estimate of drug-likeness (QED) is 0.557. The molecule has 0 bridgehead atoms. The smallest absolute Gasteiger partial charge is 0.312 e. The number of fused-ring (bicyclic) bond motifs is 1. The minimum atomic E-state index is -0.612. The van der Waals surface area contributed by atoms with Crippen LogP contribution < -0.4 is 26.4 Å². The third-order valence-electron chi connectivity index (χ3n) is 2.65. The van der Waals surface area contributed by atoms with Crippen molar-refractivity contribution in [3.63, 3.8) is 0 Å². The van der Waals surface area contributed by atoms with Crippen LogP contribution in [0.1, 0.15) is 0 Å². The van der Waals surface area contributed by atoms with Crippen LogP contribution in [0.5, 0.6) is 5.75 Å². The van der Waals surface area contributed by atoms with Crippen molar-refractivity contribution in [3.8, 4) is 5.75 Å². The molecule has 1 heterocycles. The van der Waals surface area contributed by atoms with Gasteiger partial charge in [-0.25, -0.2) is 4.79 Å². The number of anilines is 1. The highest BCUT2D eigenvalue weighted by Crippen LogP contribution is 2.27. The molecule has 1 aliphatic rings. The van der Waals surface area contributed by atoms with Gasteiger partial charge in [-0.15, -0.1) is 0 Å². The van der Waals surface area contributed by atoms with Crippen LogP contribution in [0, 0.1) is 0 Å². The van der Waals surface area contributed by atoms with E-state index in [0.29, 0.717) is 18.8 Å². The van der Waals surface area contributed by atoms with Crippen molar-refractivity contribution < 1.29 is 14.3 Å². The Kier molecular flexibility index (Phi) is 4.07. The predicted octanol–water partition coefficient (Wildman–Crippen LogP) is -0.356. The van der Waals surface area contributed by atoms with Gasteiger partial charge in [-0.2, -0.15) is 0 Å². The molecule has 0 aromatic heterocycles. The second-order valence-electron chi connectivity index (χ2n) is 4.07. The Hall–Kier alpha value is -2.44. The van der Waals surface area contributed by atoms with Crippen LogP contribution >= 0.6 is 0 Å². The lowest BCUT2D eigenvalue weighted by molar-refractivity contribution is -0.127. The molecule has 1 aliphatic heterocycles. The zero-order valence-corrected chi connectivity index (χ0v) is 10.3. The molecule has 7 nitrogen and oxygen atoms in total. The monoisotopic (exact) mass is 264 g/mol. The largest absolute Gasteiger partial charge is 0.477 e. The third kappa shape index (κ3) is 3.51. The molecule has 19 heavy (non-hydrogen) atoms. The summed E-state index contributed by atoms with van der Waals surface area (Å²) in [7, 11) is 0. The highest BCUT2D eigenvalue weighted by atomic mass is 16.5. The summed E-state index contributed by atoms with van der Waals surface area (Å²) in [5, 5.41) is 8.18. The van der Waals surface area contributed by atoms with Crippen molar-refractivity contribution in [2.45, 2.75) is 6.10 Å². The average molecular weight is 264 g/mol. The lowest BCUT2D eigenvalue weighted by Gasteiger charge is -2.26. The number of urea groups is 1. The van der Waals surface area contributed by atoms with Crippen molar-refractivity contribution in [2.24, 2.45) is 5.73 Å². The SMILES string of the molecule is NC(=O)NCCNC(=O)C1CNc2ccccc2O1. The standard InChI is InChI=1S/C12H16N4O3/c13-12(18)15-6-5-14-11(17)10-7-16-8-3-1-2-4-9(8)19-10/h1-4,10,16H,5-7H2,(H,14,17)(H3,13,15,18). The number of nitrogens with one attached hydrogen (secondary N) is 3. The van der Waals surface area contributed by atoms with Crippen LogP contribution in [0.4, 0.5) is 10.5 Å². The summed E-state index contributed by atoms with van der Waals surface area (Å²) in [5.41, 5.74) is 5.78. The molecule has 0 fully saturated rings. The molecule has 0 radical (unpaired) electrons. The van der Waals surface area contributed by atoms with E-state index < -0.39 is 12.1 Å². The highest BCUT2D eigenvalue weighted by Gasteiger charge is 2.25. The molecule has 5 N–H and O–H groups in total. The lowest BCUT2D eigenvalue weighted by Crippen LogP contribution is -2.46. The van der Waals surface area contributed by atoms with Crippen LogP contribution in [-0.2, 0) is 4.79 Å². The number of benzene rings is 1. The topological polar surface area (TPSA) is 105 Å². The first-order valence-corrected chi connectivity index (χ1v) is 5.97. The zero-order chi connectivity index (χ0) is 13.7. The Balaban J connectivity index is 1.80. The molecular weight excluding hydrogens is 248 g/mol. The molecule has 0 aliphatic carbocycles. The molecule has 102 valence electrons. The van der Waals surface area contributed by atoms with Gasteiger partial charge in [-0.05, 0) is 12.1 Å². The number of rotatable bonds is 4. The molecule has 0 saturated carbocycles.